The Morgan fingerprint density at radius 2 is 1.86 bits per heavy atom. The summed E-state index contributed by atoms with van der Waals surface area (Å²) in [4.78, 5) is 4.57. The van der Waals surface area contributed by atoms with Gasteiger partial charge in [0.1, 0.15) is 0 Å². The van der Waals surface area contributed by atoms with Crippen LogP contribution in [0, 0.1) is 6.92 Å². The van der Waals surface area contributed by atoms with Gasteiger partial charge in [0.05, 0.1) is 10.3 Å². The molecule has 1 heterocycles. The van der Waals surface area contributed by atoms with E-state index in [9.17, 15) is 0 Å². The average Bonchev–Trinajstić information content (AvgIpc) is 2.17. The lowest BCUT2D eigenvalue weighted by Gasteiger charge is -2.14. The normalized spacial score (nSPS) is 10.9. The van der Waals surface area contributed by atoms with E-state index in [1.807, 2.05) is 36.5 Å². The minimum Gasteiger partial charge on any atom is -0.256 e. The summed E-state index contributed by atoms with van der Waals surface area (Å²) in [5.41, 5.74) is 2.32. The highest BCUT2D eigenvalue weighted by Crippen LogP contribution is 2.37. The molecule has 0 unspecified atom stereocenters. The summed E-state index contributed by atoms with van der Waals surface area (Å²) < 4.78 is 0.505. The fraction of sp³-hybridized carbons (Fsp3) is 0.545. The smallest absolute Gasteiger partial charge is 0.0921 e. The Morgan fingerprint density at radius 1 is 1.21 bits per heavy atom. The summed E-state index contributed by atoms with van der Waals surface area (Å²) >= 11 is 3.93. The third-order valence-electron chi connectivity index (χ3n) is 1.79. The van der Waals surface area contributed by atoms with E-state index in [0.29, 0.717) is 4.58 Å². The summed E-state index contributed by atoms with van der Waals surface area (Å²) in [6, 6.07) is 6.27. The quantitative estimate of drug-likeness (QED) is 0.708. The number of aromatic nitrogens is 1. The van der Waals surface area contributed by atoms with E-state index in [1.54, 1.807) is 0 Å². The van der Waals surface area contributed by atoms with Crippen molar-refractivity contribution < 1.29 is 0 Å². The molecule has 0 aliphatic carbocycles. The molecular weight excluding hydrogens is 210 g/mol. The SMILES string of the molecule is CCSC(SCC)c1cccc(C)n1. The maximum atomic E-state index is 4.57. The molecule has 0 saturated carbocycles. The lowest BCUT2D eigenvalue weighted by Crippen LogP contribution is -1.96. The highest BCUT2D eigenvalue weighted by Gasteiger charge is 2.11. The van der Waals surface area contributed by atoms with Gasteiger partial charge in [-0.25, -0.2) is 0 Å². The van der Waals surface area contributed by atoms with Crippen LogP contribution in [0.4, 0.5) is 0 Å². The molecule has 0 atom stereocenters. The lowest BCUT2D eigenvalue weighted by atomic mass is 10.3. The van der Waals surface area contributed by atoms with E-state index >= 15 is 0 Å². The first-order chi connectivity index (χ1) is 6.77. The predicted molar refractivity (Wildman–Crippen MR) is 68.0 cm³/mol. The minimum absolute atomic E-state index is 0.505. The molecule has 1 rings (SSSR count). The number of hydrogen-bond acceptors (Lipinski definition) is 3. The van der Waals surface area contributed by atoms with Crippen LogP contribution in [-0.2, 0) is 0 Å². The number of hydrogen-bond donors (Lipinski definition) is 0. The van der Waals surface area contributed by atoms with E-state index < -0.39 is 0 Å². The summed E-state index contributed by atoms with van der Waals surface area (Å²) in [5, 5.41) is 0. The zero-order chi connectivity index (χ0) is 10.4. The number of rotatable bonds is 5. The molecule has 1 aromatic rings. The van der Waals surface area contributed by atoms with Gasteiger partial charge in [-0.1, -0.05) is 19.9 Å². The van der Waals surface area contributed by atoms with Gasteiger partial charge in [0, 0.05) is 5.69 Å². The number of thioether (sulfide) groups is 2. The van der Waals surface area contributed by atoms with Gasteiger partial charge in [-0.2, -0.15) is 0 Å². The van der Waals surface area contributed by atoms with Crippen LogP contribution in [0.5, 0.6) is 0 Å². The van der Waals surface area contributed by atoms with Crippen LogP contribution in [-0.4, -0.2) is 16.5 Å². The van der Waals surface area contributed by atoms with Crippen LogP contribution in [0.1, 0.15) is 29.8 Å². The van der Waals surface area contributed by atoms with Crippen LogP contribution >= 0.6 is 23.5 Å². The molecule has 14 heavy (non-hydrogen) atoms. The van der Waals surface area contributed by atoms with Gasteiger partial charge in [0.2, 0.25) is 0 Å². The molecule has 0 aromatic carbocycles. The topological polar surface area (TPSA) is 12.9 Å². The van der Waals surface area contributed by atoms with Crippen molar-refractivity contribution in [1.29, 1.82) is 0 Å². The van der Waals surface area contributed by atoms with Crippen LogP contribution in [0.3, 0.4) is 0 Å². The second kappa shape index (κ2) is 6.36. The van der Waals surface area contributed by atoms with Crippen molar-refractivity contribution in [3.05, 3.63) is 29.6 Å². The Bertz CT molecular complexity index is 270. The molecule has 3 heteroatoms. The third-order valence-corrected chi connectivity index (χ3v) is 4.36. The molecule has 0 fully saturated rings. The first-order valence-corrected chi connectivity index (χ1v) is 7.04. The molecular formula is C11H17NS2. The molecule has 0 aliphatic rings. The Labute approximate surface area is 95.1 Å². The Kier molecular flexibility index (Phi) is 5.41. The number of aryl methyl sites for hydroxylation is 1. The largest absolute Gasteiger partial charge is 0.256 e. The predicted octanol–water partition coefficient (Wildman–Crippen LogP) is 3.89. The van der Waals surface area contributed by atoms with E-state index in [-0.39, 0.29) is 0 Å². The maximum Gasteiger partial charge on any atom is 0.0921 e. The van der Waals surface area contributed by atoms with Crippen molar-refractivity contribution in [2.45, 2.75) is 25.4 Å². The van der Waals surface area contributed by atoms with Crippen LogP contribution in [0.15, 0.2) is 18.2 Å². The molecule has 0 spiro atoms. The third kappa shape index (κ3) is 3.54. The van der Waals surface area contributed by atoms with Crippen LogP contribution < -0.4 is 0 Å². The van der Waals surface area contributed by atoms with E-state index in [2.05, 4.69) is 31.0 Å². The van der Waals surface area contributed by atoms with E-state index in [0.717, 1.165) is 17.2 Å². The molecule has 0 saturated heterocycles. The van der Waals surface area contributed by atoms with Crippen LogP contribution in [0.25, 0.3) is 0 Å². The molecule has 0 radical (unpaired) electrons. The molecule has 0 bridgehead atoms. The van der Waals surface area contributed by atoms with Crippen molar-refractivity contribution >= 4 is 23.5 Å². The number of pyridine rings is 1. The van der Waals surface area contributed by atoms with Crippen molar-refractivity contribution in [1.82, 2.24) is 4.98 Å². The second-order valence-electron chi connectivity index (χ2n) is 2.95. The maximum absolute atomic E-state index is 4.57. The molecule has 0 N–H and O–H groups in total. The van der Waals surface area contributed by atoms with Gasteiger partial charge in [0.15, 0.2) is 0 Å². The van der Waals surface area contributed by atoms with Gasteiger partial charge in [-0.15, -0.1) is 23.5 Å². The molecule has 1 aromatic heterocycles. The van der Waals surface area contributed by atoms with Gasteiger partial charge >= 0.3 is 0 Å². The monoisotopic (exact) mass is 227 g/mol. The minimum atomic E-state index is 0.505. The van der Waals surface area contributed by atoms with Gasteiger partial charge < -0.3 is 0 Å². The van der Waals surface area contributed by atoms with Crippen molar-refractivity contribution in [3.8, 4) is 0 Å². The first kappa shape index (κ1) is 11.9. The van der Waals surface area contributed by atoms with Crippen LogP contribution in [0.2, 0.25) is 0 Å². The number of nitrogens with zero attached hydrogens (tertiary/aromatic N) is 1. The molecule has 78 valence electrons. The van der Waals surface area contributed by atoms with Crippen molar-refractivity contribution in [3.63, 3.8) is 0 Å². The zero-order valence-corrected chi connectivity index (χ0v) is 10.6. The fourth-order valence-corrected chi connectivity index (χ4v) is 3.63. The lowest BCUT2D eigenvalue weighted by molar-refractivity contribution is 1.09. The highest BCUT2D eigenvalue weighted by atomic mass is 32.2. The second-order valence-corrected chi connectivity index (χ2v) is 6.01. The Balaban J connectivity index is 2.75. The van der Waals surface area contributed by atoms with Gasteiger partial charge in [-0.05, 0) is 30.6 Å². The molecule has 0 amide bonds. The van der Waals surface area contributed by atoms with E-state index in [1.165, 1.54) is 5.69 Å². The molecule has 1 nitrogen and oxygen atoms in total. The summed E-state index contributed by atoms with van der Waals surface area (Å²) in [6.07, 6.45) is 0. The van der Waals surface area contributed by atoms with E-state index in [4.69, 9.17) is 0 Å². The average molecular weight is 227 g/mol. The first-order valence-electron chi connectivity index (χ1n) is 4.94. The van der Waals surface area contributed by atoms with Crippen molar-refractivity contribution in [2.24, 2.45) is 0 Å². The fourth-order valence-electron chi connectivity index (χ4n) is 1.22. The highest BCUT2D eigenvalue weighted by molar-refractivity contribution is 8.16. The van der Waals surface area contributed by atoms with Crippen molar-refractivity contribution in [2.75, 3.05) is 11.5 Å². The summed E-state index contributed by atoms with van der Waals surface area (Å²) in [5.74, 6) is 2.29. The Morgan fingerprint density at radius 3 is 2.36 bits per heavy atom. The van der Waals surface area contributed by atoms with Gasteiger partial charge in [-0.3, -0.25) is 4.98 Å². The summed E-state index contributed by atoms with van der Waals surface area (Å²) in [7, 11) is 0. The standard InChI is InChI=1S/C11H17NS2/c1-4-13-11(14-5-2)10-8-6-7-9(3)12-10/h6-8,11H,4-5H2,1-3H3. The Hall–Kier alpha value is -0.150. The van der Waals surface area contributed by atoms with Gasteiger partial charge in [0.25, 0.3) is 0 Å². The molecule has 0 aliphatic heterocycles. The summed E-state index contributed by atoms with van der Waals surface area (Å²) in [6.45, 7) is 6.45. The zero-order valence-electron chi connectivity index (χ0n) is 8.99.